The highest BCUT2D eigenvalue weighted by molar-refractivity contribution is 6.42. The number of hydrogen-bond acceptors (Lipinski definition) is 3. The van der Waals surface area contributed by atoms with Crippen LogP contribution in [0.25, 0.3) is 0 Å². The van der Waals surface area contributed by atoms with Gasteiger partial charge in [0.15, 0.2) is 0 Å². The van der Waals surface area contributed by atoms with E-state index in [4.69, 9.17) is 23.2 Å². The molecule has 1 unspecified atom stereocenters. The maximum absolute atomic E-state index is 11.7. The standard InChI is InChI=1S/C14H18Cl2N2O3/c1-8(2)5-10(19)7-17-13(20)14(21)18-12-6-9(15)3-4-11(12)16/h3-4,6,8,10,19H,5,7H2,1-2H3,(H,17,20)(H,18,21). The first-order valence-electron chi connectivity index (χ1n) is 6.52. The third-order valence-electron chi connectivity index (χ3n) is 2.62. The van der Waals surface area contributed by atoms with Crippen LogP contribution in [0.3, 0.4) is 0 Å². The van der Waals surface area contributed by atoms with E-state index in [1.807, 2.05) is 13.8 Å². The van der Waals surface area contributed by atoms with Gasteiger partial charge in [0, 0.05) is 11.6 Å². The summed E-state index contributed by atoms with van der Waals surface area (Å²) in [5.74, 6) is -1.40. The minimum atomic E-state index is -0.865. The lowest BCUT2D eigenvalue weighted by molar-refractivity contribution is -0.136. The van der Waals surface area contributed by atoms with Crippen molar-refractivity contribution < 1.29 is 14.7 Å². The second-order valence-electron chi connectivity index (χ2n) is 5.07. The molecule has 1 atom stereocenters. The molecule has 0 aromatic heterocycles. The molecular weight excluding hydrogens is 315 g/mol. The highest BCUT2D eigenvalue weighted by Gasteiger charge is 2.17. The smallest absolute Gasteiger partial charge is 0.313 e. The van der Waals surface area contributed by atoms with E-state index in [2.05, 4.69) is 10.6 Å². The first kappa shape index (κ1) is 17.8. The van der Waals surface area contributed by atoms with Crippen LogP contribution < -0.4 is 10.6 Å². The maximum atomic E-state index is 11.7. The van der Waals surface area contributed by atoms with Crippen LogP contribution in [0.15, 0.2) is 18.2 Å². The summed E-state index contributed by atoms with van der Waals surface area (Å²) in [4.78, 5) is 23.3. The first-order valence-corrected chi connectivity index (χ1v) is 7.27. The summed E-state index contributed by atoms with van der Waals surface area (Å²) < 4.78 is 0. The number of carbonyl (C=O) groups is 2. The third kappa shape index (κ3) is 6.33. The molecule has 0 aliphatic rings. The van der Waals surface area contributed by atoms with Gasteiger partial charge in [-0.05, 0) is 30.5 Å². The second-order valence-corrected chi connectivity index (χ2v) is 5.92. The van der Waals surface area contributed by atoms with Gasteiger partial charge in [-0.1, -0.05) is 37.0 Å². The lowest BCUT2D eigenvalue weighted by atomic mass is 10.1. The van der Waals surface area contributed by atoms with Crippen LogP contribution >= 0.6 is 23.2 Å². The Bertz CT molecular complexity index is 521. The monoisotopic (exact) mass is 332 g/mol. The van der Waals surface area contributed by atoms with Crippen molar-refractivity contribution in [1.82, 2.24) is 5.32 Å². The average Bonchev–Trinajstić information content (AvgIpc) is 2.39. The molecule has 2 amide bonds. The molecule has 21 heavy (non-hydrogen) atoms. The number of benzene rings is 1. The van der Waals surface area contributed by atoms with Crippen LogP contribution in [0.2, 0.25) is 10.0 Å². The molecule has 0 radical (unpaired) electrons. The fraction of sp³-hybridized carbons (Fsp3) is 0.429. The van der Waals surface area contributed by atoms with Gasteiger partial charge in [-0.15, -0.1) is 0 Å². The molecule has 7 heteroatoms. The Morgan fingerprint density at radius 3 is 2.52 bits per heavy atom. The van der Waals surface area contributed by atoms with Gasteiger partial charge in [0.2, 0.25) is 0 Å². The predicted molar refractivity (Wildman–Crippen MR) is 83.6 cm³/mol. The van der Waals surface area contributed by atoms with Crippen molar-refractivity contribution in [2.75, 3.05) is 11.9 Å². The summed E-state index contributed by atoms with van der Waals surface area (Å²) in [7, 11) is 0. The highest BCUT2D eigenvalue weighted by Crippen LogP contribution is 2.25. The van der Waals surface area contributed by atoms with Crippen molar-refractivity contribution in [3.05, 3.63) is 28.2 Å². The number of hydrogen-bond donors (Lipinski definition) is 3. The summed E-state index contributed by atoms with van der Waals surface area (Å²) in [5.41, 5.74) is 0.257. The van der Waals surface area contributed by atoms with Crippen molar-refractivity contribution in [3.63, 3.8) is 0 Å². The van der Waals surface area contributed by atoms with Crippen molar-refractivity contribution in [3.8, 4) is 0 Å². The molecule has 0 saturated heterocycles. The topological polar surface area (TPSA) is 78.4 Å². The number of carbonyl (C=O) groups excluding carboxylic acids is 2. The third-order valence-corrected chi connectivity index (χ3v) is 3.19. The molecule has 0 bridgehead atoms. The lowest BCUT2D eigenvalue weighted by Crippen LogP contribution is -2.39. The molecule has 0 aliphatic heterocycles. The number of aliphatic hydroxyl groups excluding tert-OH is 1. The van der Waals surface area contributed by atoms with E-state index >= 15 is 0 Å². The van der Waals surface area contributed by atoms with Gasteiger partial charge >= 0.3 is 11.8 Å². The van der Waals surface area contributed by atoms with Crippen LogP contribution in [0.4, 0.5) is 5.69 Å². The Morgan fingerprint density at radius 1 is 1.24 bits per heavy atom. The van der Waals surface area contributed by atoms with Gasteiger partial charge in [-0.3, -0.25) is 9.59 Å². The van der Waals surface area contributed by atoms with Crippen molar-refractivity contribution in [2.24, 2.45) is 5.92 Å². The summed E-state index contributed by atoms with van der Waals surface area (Å²) >= 11 is 11.7. The number of nitrogens with one attached hydrogen (secondary N) is 2. The molecule has 5 nitrogen and oxygen atoms in total. The SMILES string of the molecule is CC(C)CC(O)CNC(=O)C(=O)Nc1cc(Cl)ccc1Cl. The molecule has 0 heterocycles. The molecule has 0 fully saturated rings. The van der Waals surface area contributed by atoms with Gasteiger partial charge in [0.25, 0.3) is 0 Å². The van der Waals surface area contributed by atoms with E-state index in [9.17, 15) is 14.7 Å². The molecular formula is C14H18Cl2N2O3. The minimum absolute atomic E-state index is 0.0215. The number of halogens is 2. The average molecular weight is 333 g/mol. The van der Waals surface area contributed by atoms with E-state index in [1.165, 1.54) is 12.1 Å². The van der Waals surface area contributed by atoms with Gasteiger partial charge in [-0.2, -0.15) is 0 Å². The highest BCUT2D eigenvalue weighted by atomic mass is 35.5. The molecule has 0 aliphatic carbocycles. The number of rotatable bonds is 5. The number of aliphatic hydroxyl groups is 1. The summed E-state index contributed by atoms with van der Waals surface area (Å²) in [5, 5.41) is 15.0. The molecule has 1 aromatic carbocycles. The largest absolute Gasteiger partial charge is 0.391 e. The van der Waals surface area contributed by atoms with Crippen LogP contribution in [0.1, 0.15) is 20.3 Å². The molecule has 1 rings (SSSR count). The Morgan fingerprint density at radius 2 is 1.90 bits per heavy atom. The normalized spacial score (nSPS) is 12.1. The second kappa shape index (κ2) is 8.22. The molecule has 116 valence electrons. The van der Waals surface area contributed by atoms with Crippen molar-refractivity contribution in [2.45, 2.75) is 26.4 Å². The van der Waals surface area contributed by atoms with E-state index in [0.717, 1.165) is 0 Å². The molecule has 3 N–H and O–H groups in total. The van der Waals surface area contributed by atoms with Gasteiger partial charge in [0.1, 0.15) is 0 Å². The van der Waals surface area contributed by atoms with Crippen molar-refractivity contribution in [1.29, 1.82) is 0 Å². The van der Waals surface area contributed by atoms with E-state index < -0.39 is 17.9 Å². The summed E-state index contributed by atoms with van der Waals surface area (Å²) in [6, 6.07) is 4.54. The van der Waals surface area contributed by atoms with Crippen LogP contribution in [0, 0.1) is 5.92 Å². The van der Waals surface area contributed by atoms with Crippen LogP contribution in [-0.4, -0.2) is 29.6 Å². The van der Waals surface area contributed by atoms with Gasteiger partial charge in [-0.25, -0.2) is 0 Å². The Labute approximate surface area is 133 Å². The Kier molecular flexibility index (Phi) is 6.95. The zero-order valence-electron chi connectivity index (χ0n) is 11.8. The van der Waals surface area contributed by atoms with Crippen molar-refractivity contribution >= 4 is 40.7 Å². The van der Waals surface area contributed by atoms with Gasteiger partial charge in [0.05, 0.1) is 16.8 Å². The van der Waals surface area contributed by atoms with Crippen LogP contribution in [-0.2, 0) is 9.59 Å². The van der Waals surface area contributed by atoms with E-state index in [-0.39, 0.29) is 17.3 Å². The maximum Gasteiger partial charge on any atom is 0.313 e. The summed E-state index contributed by atoms with van der Waals surface area (Å²) in [6.45, 7) is 3.94. The fourth-order valence-electron chi connectivity index (χ4n) is 1.69. The number of anilines is 1. The lowest BCUT2D eigenvalue weighted by Gasteiger charge is -2.14. The molecule has 0 spiro atoms. The van der Waals surface area contributed by atoms with Gasteiger partial charge < -0.3 is 15.7 Å². The zero-order valence-corrected chi connectivity index (χ0v) is 13.3. The minimum Gasteiger partial charge on any atom is -0.391 e. The predicted octanol–water partition coefficient (Wildman–Crippen LogP) is 2.46. The Balaban J connectivity index is 2.51. The van der Waals surface area contributed by atoms with E-state index in [1.54, 1.807) is 6.07 Å². The van der Waals surface area contributed by atoms with Crippen LogP contribution in [0.5, 0.6) is 0 Å². The molecule has 0 saturated carbocycles. The zero-order chi connectivity index (χ0) is 16.0. The fourth-order valence-corrected chi connectivity index (χ4v) is 2.03. The Hall–Kier alpha value is -1.30. The molecule has 1 aromatic rings. The van der Waals surface area contributed by atoms with E-state index in [0.29, 0.717) is 17.4 Å². The quantitative estimate of drug-likeness (QED) is 0.724. The summed E-state index contributed by atoms with van der Waals surface area (Å²) in [6.07, 6.45) is -0.140. The first-order chi connectivity index (χ1) is 9.79. The number of amides is 2.